The number of aryl methyl sites for hydroxylation is 2. The van der Waals surface area contributed by atoms with Crippen molar-refractivity contribution in [2.45, 2.75) is 74.2 Å². The van der Waals surface area contributed by atoms with Gasteiger partial charge in [0, 0.05) is 60.4 Å². The van der Waals surface area contributed by atoms with Gasteiger partial charge in [-0.1, -0.05) is 10.2 Å². The van der Waals surface area contributed by atoms with E-state index in [1.807, 2.05) is 0 Å². The summed E-state index contributed by atoms with van der Waals surface area (Å²) in [5.41, 5.74) is 14.9. The minimum atomic E-state index is -6.57. The molecule has 2 saturated heterocycles. The molecule has 0 bridgehead atoms. The van der Waals surface area contributed by atoms with E-state index in [1.165, 1.54) is 26.2 Å². The predicted molar refractivity (Wildman–Crippen MR) is 223 cm³/mol. The minimum absolute atomic E-state index is 0.107. The van der Waals surface area contributed by atoms with E-state index < -0.39 is 144 Å². The summed E-state index contributed by atoms with van der Waals surface area (Å²) >= 11 is 0. The molecule has 68 heavy (non-hydrogen) atoms. The zero-order valence-electron chi connectivity index (χ0n) is 33.3. The summed E-state index contributed by atoms with van der Waals surface area (Å²) in [6.45, 7) is 1.32. The van der Waals surface area contributed by atoms with Crippen LogP contribution in [-0.2, 0) is 63.6 Å². The van der Waals surface area contributed by atoms with Crippen LogP contribution in [0.25, 0.3) is 20.9 Å². The molecule has 0 radical (unpaired) electrons. The first-order chi connectivity index (χ1) is 31.0. The van der Waals surface area contributed by atoms with Gasteiger partial charge < -0.3 is 65.4 Å². The maximum Gasteiger partial charge on any atom is 0.405 e. The summed E-state index contributed by atoms with van der Waals surface area (Å²) in [6.07, 6.45) is -2.42. The fraction of sp³-hybridized carbons (Fsp3) is 0.667. The van der Waals surface area contributed by atoms with Crippen LogP contribution in [0.2, 0.25) is 0 Å². The zero-order valence-corrected chi connectivity index (χ0v) is 38.6. The molecule has 12 atom stereocenters. The van der Waals surface area contributed by atoms with Gasteiger partial charge in [0.15, 0.2) is 14.9 Å². The molecule has 0 spiro atoms. The Kier molecular flexibility index (Phi) is 19.1. The quantitative estimate of drug-likeness (QED) is 0.0350. The smallest absolute Gasteiger partial charge is 0.405 e. The molecule has 4 heterocycles. The number of alkyl halides is 4. The highest BCUT2D eigenvalue weighted by atomic mass is 31.3. The van der Waals surface area contributed by atoms with Gasteiger partial charge in [-0.2, -0.15) is 17.6 Å². The number of rotatable bonds is 20. The average Bonchev–Trinajstić information content (AvgIpc) is 3.82. The molecule has 4 rings (SSSR count). The van der Waals surface area contributed by atoms with Gasteiger partial charge in [0.2, 0.25) is 15.2 Å². The molecule has 2 aliphatic heterocycles. The Balaban J connectivity index is 0.000000360. The molecule has 2 fully saturated rings. The monoisotopic (exact) mass is 1100 g/mol. The Morgan fingerprint density at radius 1 is 0.735 bits per heavy atom. The molecule has 32 nitrogen and oxygen atoms in total. The second-order valence-electron chi connectivity index (χ2n) is 12.9. The van der Waals surface area contributed by atoms with Gasteiger partial charge in [-0.05, 0) is 24.9 Å². The van der Waals surface area contributed by atoms with Crippen LogP contribution in [0.3, 0.4) is 0 Å². The van der Waals surface area contributed by atoms with Gasteiger partial charge in [0.1, 0.15) is 12.5 Å². The maximum absolute atomic E-state index is 13.9. The third kappa shape index (κ3) is 13.6. The Morgan fingerprint density at radius 2 is 1.04 bits per heavy atom. The summed E-state index contributed by atoms with van der Waals surface area (Å²) in [5.74, 6) is 0. The molecule has 384 valence electrons. The topological polar surface area (TPSA) is 470 Å². The van der Waals surface area contributed by atoms with Crippen molar-refractivity contribution < 1.29 is 101 Å². The Labute approximate surface area is 377 Å². The van der Waals surface area contributed by atoms with Crippen molar-refractivity contribution in [1.29, 1.82) is 0 Å². The predicted octanol–water partition coefficient (Wildman–Crippen LogP) is 0.507. The van der Waals surface area contributed by atoms with Gasteiger partial charge in [-0.25, -0.2) is 9.59 Å². The highest BCUT2D eigenvalue weighted by molar-refractivity contribution is 7.86. The minimum Gasteiger partial charge on any atom is -0.774 e. The fourth-order valence-electron chi connectivity index (χ4n) is 5.17. The SMILES string of the molecule is [BH3-]P(=O)(OC[C@H]1O[C@@H](n2cc(C)c(=O)[nH]c2=O)C[C@H]1N=[N+]=[N-])OP(=O)([O-])C(F)(F)P(=O)(O)OC.[BH3-]P(=O)(OC[C@H]1O[C@@H](n2cc(C)c(=O)[nH]c2=O)C[C@H]1N=[N+]=[N-])OP(=O)([O-])C(F)(F)P(=O)(O)OC. The van der Waals surface area contributed by atoms with Gasteiger partial charge in [-0.15, -0.1) is 0 Å². The van der Waals surface area contributed by atoms with Gasteiger partial charge in [-0.3, -0.25) is 46.4 Å². The molecule has 0 aliphatic carbocycles. The molecular weight excluding hydrogens is 1060 g/mol. The summed E-state index contributed by atoms with van der Waals surface area (Å²) in [5, 5.41) is -3.89. The molecule has 2 aliphatic rings. The Bertz CT molecular complexity index is 2690. The molecule has 0 aromatic carbocycles. The summed E-state index contributed by atoms with van der Waals surface area (Å²) < 4.78 is 165. The van der Waals surface area contributed by atoms with E-state index in [2.05, 4.69) is 47.7 Å². The van der Waals surface area contributed by atoms with E-state index in [9.17, 15) is 73.9 Å². The van der Waals surface area contributed by atoms with Gasteiger partial charge in [0.05, 0.1) is 52.6 Å². The van der Waals surface area contributed by atoms with E-state index >= 15 is 0 Å². The molecule has 0 amide bonds. The van der Waals surface area contributed by atoms with Crippen LogP contribution in [-0.4, -0.2) is 107 Å². The van der Waals surface area contributed by atoms with Crippen molar-refractivity contribution in [2.24, 2.45) is 10.2 Å². The lowest BCUT2D eigenvalue weighted by atomic mass is 10.1. The Morgan fingerprint density at radius 3 is 1.32 bits per heavy atom. The average molecular weight is 1100 g/mol. The number of nitrogens with one attached hydrogen (secondary N) is 2. The van der Waals surface area contributed by atoms with Crippen molar-refractivity contribution in [3.63, 3.8) is 0 Å². The van der Waals surface area contributed by atoms with Crippen LogP contribution in [0, 0.1) is 13.8 Å². The number of hydrogen-bond donors (Lipinski definition) is 4. The van der Waals surface area contributed by atoms with Crippen LogP contribution in [0.4, 0.5) is 17.6 Å². The first kappa shape index (κ1) is 59.0. The number of hydrogen-bond acceptors (Lipinski definition) is 22. The first-order valence-corrected chi connectivity index (χ1v) is 25.5. The van der Waals surface area contributed by atoms with Crippen LogP contribution in [0.15, 0.2) is 41.8 Å². The normalized spacial score (nSPS) is 26.1. The molecule has 4 N–H and O–H groups in total. The van der Waals surface area contributed by atoms with E-state index in [-0.39, 0.29) is 24.0 Å². The van der Waals surface area contributed by atoms with Crippen molar-refractivity contribution in [1.82, 2.24) is 19.1 Å². The Hall–Kier alpha value is -3.27. The summed E-state index contributed by atoms with van der Waals surface area (Å²) in [4.78, 5) is 98.4. The number of aromatic amines is 2. The van der Waals surface area contributed by atoms with E-state index in [4.69, 9.17) is 39.4 Å². The van der Waals surface area contributed by atoms with E-state index in [0.717, 1.165) is 9.13 Å². The lowest BCUT2D eigenvalue weighted by Gasteiger charge is -2.36. The number of halogens is 4. The first-order valence-electron chi connectivity index (χ1n) is 17.1. The van der Waals surface area contributed by atoms with Gasteiger partial charge >= 0.3 is 37.4 Å². The standard InChI is InChI=1S/2C12H20BF2N5O11P3/c2*1-6-4-20(11(22)17-10(6)21)9-3-7(18-19-16)8(30-9)5-29-34(13,27)31-33(25,26)12(14,15)32(23,24)28-2/h2*4,7-9H,3,5H2,1-2,13H3,(H,23,24)(H,25,26)(H,17,21,22)/q2*-1/p-2/t2*7-,8-,9-,34?/m11/s1. The van der Waals surface area contributed by atoms with Crippen molar-refractivity contribution in [3.05, 3.63) is 86.1 Å². The molecule has 2 aromatic rings. The third-order valence-corrected chi connectivity index (χ3v) is 18.8. The van der Waals surface area contributed by atoms with Crippen molar-refractivity contribution in [3.8, 4) is 0 Å². The lowest BCUT2D eigenvalue weighted by Crippen LogP contribution is -2.33. The number of ether oxygens (including phenoxy) is 2. The molecule has 0 saturated carbocycles. The van der Waals surface area contributed by atoms with Crippen LogP contribution in [0.1, 0.15) is 36.4 Å². The lowest BCUT2D eigenvalue weighted by molar-refractivity contribution is -0.208. The highest BCUT2D eigenvalue weighted by Gasteiger charge is 2.62. The second-order valence-corrected chi connectivity index (χ2v) is 23.3. The maximum atomic E-state index is 13.9. The number of aromatic nitrogens is 4. The zero-order chi connectivity index (χ0) is 52.2. The molecular formula is C24H38B2F4N10O22P6-4. The second kappa shape index (κ2) is 22.0. The van der Waals surface area contributed by atoms with Crippen LogP contribution in [0.5, 0.6) is 0 Å². The molecule has 2 aromatic heterocycles. The van der Waals surface area contributed by atoms with E-state index in [1.54, 1.807) is 0 Å². The van der Waals surface area contributed by atoms with Crippen molar-refractivity contribution >= 4 is 60.5 Å². The molecule has 6 unspecified atom stereocenters. The summed E-state index contributed by atoms with van der Waals surface area (Å²) in [6, 6.07) is -2.05. The van der Waals surface area contributed by atoms with Crippen molar-refractivity contribution in [2.75, 3.05) is 27.4 Å². The highest BCUT2D eigenvalue weighted by Crippen LogP contribution is 2.78. The molecule has 44 heteroatoms. The van der Waals surface area contributed by atoms with Crippen LogP contribution < -0.4 is 32.3 Å². The van der Waals surface area contributed by atoms with Crippen LogP contribution >= 0.6 is 45.3 Å². The number of azide groups is 2. The van der Waals surface area contributed by atoms with E-state index in [0.29, 0.717) is 14.2 Å². The third-order valence-electron chi connectivity index (χ3n) is 8.59. The fourth-order valence-corrected chi connectivity index (χ4v) is 12.3. The summed E-state index contributed by atoms with van der Waals surface area (Å²) in [7, 11) is -37.2. The number of H-pyrrole nitrogens is 2. The van der Waals surface area contributed by atoms with Gasteiger partial charge in [0.25, 0.3) is 11.1 Å². The number of nitrogens with zero attached hydrogens (tertiary/aromatic N) is 8. The largest absolute Gasteiger partial charge is 0.774 e.